The number of amides is 1. The molecule has 0 aromatic carbocycles. The number of halogens is 1. The molecule has 104 valence electrons. The van der Waals surface area contributed by atoms with Crippen LogP contribution in [0.25, 0.3) is 0 Å². The molecule has 0 spiro atoms. The molecule has 2 N–H and O–H groups in total. The summed E-state index contributed by atoms with van der Waals surface area (Å²) in [6, 6.07) is 3.38. The van der Waals surface area contributed by atoms with Crippen LogP contribution in [0.1, 0.15) is 32.6 Å². The molecule has 1 amide bonds. The lowest BCUT2D eigenvalue weighted by Gasteiger charge is -2.36. The van der Waals surface area contributed by atoms with Crippen LogP contribution in [0.2, 0.25) is 5.02 Å². The van der Waals surface area contributed by atoms with Gasteiger partial charge in [-0.3, -0.25) is 4.79 Å². The Morgan fingerprint density at radius 1 is 1.53 bits per heavy atom. The molecule has 4 nitrogen and oxygen atoms in total. The maximum absolute atomic E-state index is 12.6. The topological polar surface area (TPSA) is 54.0 Å². The van der Waals surface area contributed by atoms with Gasteiger partial charge in [0.1, 0.15) is 5.82 Å². The van der Waals surface area contributed by atoms with Crippen LogP contribution in [0.5, 0.6) is 0 Å². The molecule has 1 aliphatic rings. The van der Waals surface area contributed by atoms with E-state index in [1.807, 2.05) is 0 Å². The highest BCUT2D eigenvalue weighted by Gasteiger charge is 2.38. The second kappa shape index (κ2) is 6.35. The van der Waals surface area contributed by atoms with E-state index >= 15 is 0 Å². The molecule has 0 atom stereocenters. The highest BCUT2D eigenvalue weighted by Crippen LogP contribution is 2.35. The molecule has 2 rings (SSSR count). The monoisotopic (exact) mass is 281 g/mol. The summed E-state index contributed by atoms with van der Waals surface area (Å²) in [7, 11) is 0. The van der Waals surface area contributed by atoms with Gasteiger partial charge < -0.3 is 10.6 Å². The first-order valence-corrected chi connectivity index (χ1v) is 7.18. The minimum atomic E-state index is -0.260. The summed E-state index contributed by atoms with van der Waals surface area (Å²) in [6.45, 7) is 3.92. The Morgan fingerprint density at radius 2 is 2.26 bits per heavy atom. The van der Waals surface area contributed by atoms with E-state index in [0.717, 1.165) is 38.8 Å². The van der Waals surface area contributed by atoms with Gasteiger partial charge in [-0.2, -0.15) is 0 Å². The van der Waals surface area contributed by atoms with E-state index in [9.17, 15) is 4.79 Å². The number of hydrogen-bond donors (Lipinski definition) is 2. The molecule has 0 aliphatic carbocycles. The highest BCUT2D eigenvalue weighted by molar-refractivity contribution is 6.30. The van der Waals surface area contributed by atoms with Gasteiger partial charge in [0, 0.05) is 11.2 Å². The molecule has 1 fully saturated rings. The normalized spacial score (nSPS) is 18.0. The van der Waals surface area contributed by atoms with Gasteiger partial charge in [0.2, 0.25) is 5.91 Å². The Bertz CT molecular complexity index is 439. The van der Waals surface area contributed by atoms with Crippen LogP contribution in [0, 0.1) is 5.41 Å². The van der Waals surface area contributed by atoms with Crippen molar-refractivity contribution in [2.24, 2.45) is 5.41 Å². The fourth-order valence-corrected chi connectivity index (χ4v) is 2.86. The lowest BCUT2D eigenvalue weighted by molar-refractivity contribution is -0.127. The van der Waals surface area contributed by atoms with Crippen LogP contribution < -0.4 is 10.6 Å². The first-order chi connectivity index (χ1) is 9.16. The zero-order chi connectivity index (χ0) is 13.7. The molecule has 0 unspecified atom stereocenters. The van der Waals surface area contributed by atoms with E-state index in [-0.39, 0.29) is 11.3 Å². The quantitative estimate of drug-likeness (QED) is 0.892. The average Bonchev–Trinajstić information content (AvgIpc) is 2.40. The number of hydrogen-bond acceptors (Lipinski definition) is 3. The average molecular weight is 282 g/mol. The summed E-state index contributed by atoms with van der Waals surface area (Å²) >= 11 is 5.91. The van der Waals surface area contributed by atoms with Crippen molar-refractivity contribution < 1.29 is 4.79 Å². The summed E-state index contributed by atoms with van der Waals surface area (Å²) in [6.07, 6.45) is 5.30. The summed E-state index contributed by atoms with van der Waals surface area (Å²) < 4.78 is 0. The number of nitrogens with one attached hydrogen (secondary N) is 2. The fourth-order valence-electron chi connectivity index (χ4n) is 2.70. The maximum Gasteiger partial charge on any atom is 0.231 e. The van der Waals surface area contributed by atoms with Crippen molar-refractivity contribution in [2.75, 3.05) is 18.4 Å². The predicted molar refractivity (Wildman–Crippen MR) is 77.3 cm³/mol. The Morgan fingerprint density at radius 3 is 2.89 bits per heavy atom. The molecule has 0 saturated carbocycles. The zero-order valence-electron chi connectivity index (χ0n) is 11.2. The van der Waals surface area contributed by atoms with Crippen LogP contribution >= 0.6 is 11.6 Å². The molecule has 0 bridgehead atoms. The Hall–Kier alpha value is -1.13. The van der Waals surface area contributed by atoms with E-state index in [1.165, 1.54) is 0 Å². The Balaban J connectivity index is 2.11. The van der Waals surface area contributed by atoms with E-state index in [2.05, 4.69) is 22.5 Å². The van der Waals surface area contributed by atoms with Crippen molar-refractivity contribution in [1.82, 2.24) is 10.3 Å². The molecule has 1 aromatic rings. The molecule has 19 heavy (non-hydrogen) atoms. The second-order valence-corrected chi connectivity index (χ2v) is 5.53. The van der Waals surface area contributed by atoms with E-state index < -0.39 is 0 Å². The van der Waals surface area contributed by atoms with Crippen molar-refractivity contribution >= 4 is 23.3 Å². The van der Waals surface area contributed by atoms with Gasteiger partial charge in [0.05, 0.1) is 5.41 Å². The first kappa shape index (κ1) is 14.3. The molecule has 1 aliphatic heterocycles. The number of carbonyl (C=O) groups excluding carboxylic acids is 1. The van der Waals surface area contributed by atoms with Crippen LogP contribution in [-0.2, 0) is 4.79 Å². The lowest BCUT2D eigenvalue weighted by atomic mass is 9.74. The SMILES string of the molecule is CCCC1(C(=O)Nc2cc(Cl)ccn2)CCNCC1. The lowest BCUT2D eigenvalue weighted by Crippen LogP contribution is -2.45. The third kappa shape index (κ3) is 3.45. The van der Waals surface area contributed by atoms with Crippen LogP contribution in [-0.4, -0.2) is 24.0 Å². The number of anilines is 1. The highest BCUT2D eigenvalue weighted by atomic mass is 35.5. The molecule has 1 saturated heterocycles. The fraction of sp³-hybridized carbons (Fsp3) is 0.571. The van der Waals surface area contributed by atoms with E-state index in [4.69, 9.17) is 11.6 Å². The standard InChI is InChI=1S/C14H20ClN3O/c1-2-4-14(5-8-16-9-6-14)13(19)18-12-10-11(15)3-7-17-12/h3,7,10,16H,2,4-6,8-9H2,1H3,(H,17,18,19). The van der Waals surface area contributed by atoms with Gasteiger partial charge in [-0.1, -0.05) is 24.9 Å². The Kier molecular flexibility index (Phi) is 4.77. The summed E-state index contributed by atoms with van der Waals surface area (Å²) in [4.78, 5) is 16.7. The molecule has 5 heteroatoms. The number of pyridine rings is 1. The van der Waals surface area contributed by atoms with Crippen molar-refractivity contribution in [2.45, 2.75) is 32.6 Å². The molecule has 2 heterocycles. The van der Waals surface area contributed by atoms with E-state index in [1.54, 1.807) is 18.3 Å². The number of nitrogens with zero attached hydrogens (tertiary/aromatic N) is 1. The minimum Gasteiger partial charge on any atom is -0.317 e. The van der Waals surface area contributed by atoms with Crippen molar-refractivity contribution in [1.29, 1.82) is 0 Å². The van der Waals surface area contributed by atoms with Gasteiger partial charge in [0.15, 0.2) is 0 Å². The predicted octanol–water partition coefficient (Wildman–Crippen LogP) is 2.84. The third-order valence-corrected chi connectivity index (χ3v) is 3.97. The number of carbonyl (C=O) groups is 1. The van der Waals surface area contributed by atoms with E-state index in [0.29, 0.717) is 10.8 Å². The smallest absolute Gasteiger partial charge is 0.231 e. The van der Waals surface area contributed by atoms with Crippen LogP contribution in [0.3, 0.4) is 0 Å². The molecular formula is C14H20ClN3O. The maximum atomic E-state index is 12.6. The van der Waals surface area contributed by atoms with Gasteiger partial charge in [-0.05, 0) is 44.5 Å². The summed E-state index contributed by atoms with van der Waals surface area (Å²) in [5, 5.41) is 6.81. The van der Waals surface area contributed by atoms with Crippen LogP contribution in [0.4, 0.5) is 5.82 Å². The number of aromatic nitrogens is 1. The van der Waals surface area contributed by atoms with Gasteiger partial charge in [0.25, 0.3) is 0 Å². The van der Waals surface area contributed by atoms with Crippen molar-refractivity contribution in [3.63, 3.8) is 0 Å². The first-order valence-electron chi connectivity index (χ1n) is 6.80. The largest absolute Gasteiger partial charge is 0.317 e. The van der Waals surface area contributed by atoms with Gasteiger partial charge in [-0.25, -0.2) is 4.98 Å². The summed E-state index contributed by atoms with van der Waals surface area (Å²) in [5.74, 6) is 0.608. The number of rotatable bonds is 4. The van der Waals surface area contributed by atoms with Gasteiger partial charge in [-0.15, -0.1) is 0 Å². The Labute approximate surface area is 118 Å². The number of piperidine rings is 1. The second-order valence-electron chi connectivity index (χ2n) is 5.09. The minimum absolute atomic E-state index is 0.0746. The third-order valence-electron chi connectivity index (χ3n) is 3.73. The zero-order valence-corrected chi connectivity index (χ0v) is 12.0. The summed E-state index contributed by atoms with van der Waals surface area (Å²) in [5.41, 5.74) is -0.260. The molecule has 1 aromatic heterocycles. The van der Waals surface area contributed by atoms with Gasteiger partial charge >= 0.3 is 0 Å². The molecule has 0 radical (unpaired) electrons. The molecular weight excluding hydrogens is 262 g/mol. The van der Waals surface area contributed by atoms with Crippen LogP contribution in [0.15, 0.2) is 18.3 Å². The van der Waals surface area contributed by atoms with Crippen molar-refractivity contribution in [3.05, 3.63) is 23.4 Å². The van der Waals surface area contributed by atoms with Crippen molar-refractivity contribution in [3.8, 4) is 0 Å².